The van der Waals surface area contributed by atoms with Crippen molar-refractivity contribution in [1.82, 2.24) is 5.32 Å². The molecule has 0 aromatic carbocycles. The molecule has 0 aromatic rings. The molecule has 0 spiro atoms. The molecule has 100 valence electrons. The summed E-state index contributed by atoms with van der Waals surface area (Å²) in [5, 5.41) is 2.97. The summed E-state index contributed by atoms with van der Waals surface area (Å²) >= 11 is 0. The Morgan fingerprint density at radius 1 is 1.17 bits per heavy atom. The van der Waals surface area contributed by atoms with Crippen LogP contribution in [0.4, 0.5) is 0 Å². The largest absolute Gasteiger partial charge is 0.469 e. The highest BCUT2D eigenvalue weighted by Crippen LogP contribution is 2.52. The van der Waals surface area contributed by atoms with E-state index in [0.29, 0.717) is 6.29 Å². The van der Waals surface area contributed by atoms with E-state index < -0.39 is 0 Å². The molecule has 3 aliphatic carbocycles. The van der Waals surface area contributed by atoms with E-state index in [4.69, 9.17) is 4.74 Å². The third-order valence-electron chi connectivity index (χ3n) is 4.54. The number of methoxy groups -OCH3 is 1. The van der Waals surface area contributed by atoms with Gasteiger partial charge in [0, 0.05) is 5.54 Å². The van der Waals surface area contributed by atoms with Crippen LogP contribution >= 0.6 is 0 Å². The fourth-order valence-corrected chi connectivity index (χ4v) is 3.32. The molecule has 1 amide bonds. The lowest BCUT2D eigenvalue weighted by atomic mass is 9.57. The number of carbonyl (C=O) groups excluding carboxylic acids is 3. The van der Waals surface area contributed by atoms with Gasteiger partial charge in [-0.3, -0.25) is 9.59 Å². The molecule has 18 heavy (non-hydrogen) atoms. The van der Waals surface area contributed by atoms with E-state index >= 15 is 0 Å². The monoisotopic (exact) mass is 253 g/mol. The molecule has 0 aliphatic heterocycles. The molecule has 0 heterocycles. The lowest BCUT2D eigenvalue weighted by molar-refractivity contribution is -0.160. The Balaban J connectivity index is 2.01. The van der Waals surface area contributed by atoms with Crippen molar-refractivity contribution in [3.63, 3.8) is 0 Å². The van der Waals surface area contributed by atoms with Crippen LogP contribution in [-0.4, -0.2) is 30.8 Å². The summed E-state index contributed by atoms with van der Waals surface area (Å²) < 4.78 is 4.89. The number of rotatable bonds is 4. The van der Waals surface area contributed by atoms with E-state index in [1.54, 1.807) is 0 Å². The normalized spacial score (nSPS) is 33.8. The molecule has 3 rings (SSSR count). The van der Waals surface area contributed by atoms with E-state index in [-0.39, 0.29) is 29.3 Å². The molecule has 0 saturated heterocycles. The second-order valence-electron chi connectivity index (χ2n) is 5.47. The van der Waals surface area contributed by atoms with Crippen LogP contribution in [0.15, 0.2) is 0 Å². The summed E-state index contributed by atoms with van der Waals surface area (Å²) in [6.45, 7) is 0. The number of esters is 1. The van der Waals surface area contributed by atoms with Crippen LogP contribution in [0.3, 0.4) is 0 Å². The summed E-state index contributed by atoms with van der Waals surface area (Å²) in [4.78, 5) is 33.7. The Morgan fingerprint density at radius 3 is 2.17 bits per heavy atom. The third-order valence-corrected chi connectivity index (χ3v) is 4.54. The predicted molar refractivity (Wildman–Crippen MR) is 63.7 cm³/mol. The summed E-state index contributed by atoms with van der Waals surface area (Å²) in [5.74, 6) is -0.326. The lowest BCUT2D eigenvalue weighted by Crippen LogP contribution is -2.58. The van der Waals surface area contributed by atoms with E-state index in [1.165, 1.54) is 7.11 Å². The molecule has 5 nitrogen and oxygen atoms in total. The molecule has 1 N–H and O–H groups in total. The van der Waals surface area contributed by atoms with E-state index in [2.05, 4.69) is 5.32 Å². The van der Waals surface area contributed by atoms with Gasteiger partial charge in [-0.25, -0.2) is 0 Å². The van der Waals surface area contributed by atoms with Gasteiger partial charge in [0.25, 0.3) is 0 Å². The number of amides is 1. The van der Waals surface area contributed by atoms with Crippen LogP contribution in [0.1, 0.15) is 44.9 Å². The lowest BCUT2D eigenvalue weighted by Gasteiger charge is -2.51. The van der Waals surface area contributed by atoms with Gasteiger partial charge in [0.1, 0.15) is 6.29 Å². The topological polar surface area (TPSA) is 72.5 Å². The summed E-state index contributed by atoms with van der Waals surface area (Å²) in [6, 6.07) is 0. The molecule has 0 radical (unpaired) electrons. The Bertz CT molecular complexity index is 353. The zero-order valence-electron chi connectivity index (χ0n) is 10.7. The maximum atomic E-state index is 11.8. The maximum Gasteiger partial charge on any atom is 0.311 e. The molecule has 3 fully saturated rings. The van der Waals surface area contributed by atoms with Crippen LogP contribution in [0.2, 0.25) is 0 Å². The number of hydrogen-bond donors (Lipinski definition) is 1. The first-order valence-corrected chi connectivity index (χ1v) is 6.39. The second kappa shape index (κ2) is 4.71. The van der Waals surface area contributed by atoms with Gasteiger partial charge in [0.05, 0.1) is 18.9 Å². The number of hydrogen-bond acceptors (Lipinski definition) is 4. The quantitative estimate of drug-likeness (QED) is 0.460. The maximum absolute atomic E-state index is 11.8. The minimum atomic E-state index is -0.327. The molecular weight excluding hydrogens is 234 g/mol. The van der Waals surface area contributed by atoms with Crippen LogP contribution in [0.25, 0.3) is 0 Å². The average Bonchev–Trinajstić information content (AvgIpc) is 2.39. The highest BCUT2D eigenvalue weighted by atomic mass is 16.5. The Hall–Kier alpha value is -1.39. The molecule has 3 aliphatic rings. The van der Waals surface area contributed by atoms with Gasteiger partial charge in [-0.05, 0) is 38.5 Å². The number of nitrogens with one attached hydrogen (secondary N) is 1. The minimum Gasteiger partial charge on any atom is -0.469 e. The van der Waals surface area contributed by atoms with E-state index in [9.17, 15) is 14.4 Å². The van der Waals surface area contributed by atoms with E-state index in [0.717, 1.165) is 38.5 Å². The smallest absolute Gasteiger partial charge is 0.311 e. The van der Waals surface area contributed by atoms with Crippen LogP contribution < -0.4 is 5.32 Å². The number of carbonyl (C=O) groups is 3. The molecule has 2 bridgehead atoms. The first-order chi connectivity index (χ1) is 8.56. The Labute approximate surface area is 106 Å². The number of aldehydes is 1. The highest BCUT2D eigenvalue weighted by Gasteiger charge is 2.53. The second-order valence-corrected chi connectivity index (χ2v) is 5.47. The van der Waals surface area contributed by atoms with Crippen molar-refractivity contribution in [2.24, 2.45) is 5.41 Å². The van der Waals surface area contributed by atoms with Crippen LogP contribution in [0.5, 0.6) is 0 Å². The van der Waals surface area contributed by atoms with Crippen LogP contribution in [-0.2, 0) is 19.1 Å². The third kappa shape index (κ3) is 2.13. The molecule has 0 atom stereocenters. The first-order valence-electron chi connectivity index (χ1n) is 6.39. The fourth-order valence-electron chi connectivity index (χ4n) is 3.32. The van der Waals surface area contributed by atoms with Crippen molar-refractivity contribution < 1.29 is 19.1 Å². The van der Waals surface area contributed by atoms with Crippen molar-refractivity contribution in [1.29, 1.82) is 0 Å². The molecule has 0 aromatic heterocycles. The van der Waals surface area contributed by atoms with Crippen molar-refractivity contribution in [3.05, 3.63) is 0 Å². The zero-order valence-corrected chi connectivity index (χ0v) is 10.7. The highest BCUT2D eigenvalue weighted by molar-refractivity contribution is 5.88. The van der Waals surface area contributed by atoms with Gasteiger partial charge < -0.3 is 14.8 Å². The van der Waals surface area contributed by atoms with Gasteiger partial charge in [-0.1, -0.05) is 0 Å². The summed E-state index contributed by atoms with van der Waals surface area (Å²) in [5.41, 5.74) is -0.526. The van der Waals surface area contributed by atoms with Gasteiger partial charge >= 0.3 is 5.97 Å². The average molecular weight is 253 g/mol. The van der Waals surface area contributed by atoms with Gasteiger partial charge in [0.15, 0.2) is 0 Å². The SMILES string of the molecule is COC(=O)C12CCC(NC(=O)CC=O)(CC1)CC2. The first kappa shape index (κ1) is 13.1. The predicted octanol–water partition coefficient (Wildman–Crippen LogP) is 0.958. The van der Waals surface area contributed by atoms with Crippen molar-refractivity contribution >= 4 is 18.2 Å². The van der Waals surface area contributed by atoms with Gasteiger partial charge in [0.2, 0.25) is 5.91 Å². The van der Waals surface area contributed by atoms with Gasteiger partial charge in [-0.15, -0.1) is 0 Å². The Kier molecular flexibility index (Phi) is 3.41. The molecule has 5 heteroatoms. The van der Waals surface area contributed by atoms with Crippen molar-refractivity contribution in [2.75, 3.05) is 7.11 Å². The standard InChI is InChI=1S/C13H19NO4/c1-18-11(17)12-3-6-13(7-4-12,8-5-12)14-10(16)2-9-15/h9H,2-8H2,1H3,(H,14,16). The molecule has 3 saturated carbocycles. The molecule has 0 unspecified atom stereocenters. The van der Waals surface area contributed by atoms with Crippen molar-refractivity contribution in [3.8, 4) is 0 Å². The minimum absolute atomic E-state index is 0.0795. The van der Waals surface area contributed by atoms with E-state index in [1.807, 2.05) is 0 Å². The number of fused-ring (bicyclic) bond motifs is 3. The zero-order chi connectivity index (χ0) is 13.2. The van der Waals surface area contributed by atoms with Crippen molar-refractivity contribution in [2.45, 2.75) is 50.5 Å². The fraction of sp³-hybridized carbons (Fsp3) is 0.769. The number of ether oxygens (including phenoxy) is 1. The Morgan fingerprint density at radius 2 is 1.72 bits per heavy atom. The van der Waals surface area contributed by atoms with Gasteiger partial charge in [-0.2, -0.15) is 0 Å². The molecular formula is C13H19NO4. The summed E-state index contributed by atoms with van der Waals surface area (Å²) in [6.07, 6.45) is 5.23. The van der Waals surface area contributed by atoms with Crippen LogP contribution in [0, 0.1) is 5.41 Å². The summed E-state index contributed by atoms with van der Waals surface area (Å²) in [7, 11) is 1.43.